The lowest BCUT2D eigenvalue weighted by atomic mass is 10.1. The Labute approximate surface area is 126 Å². The third-order valence-corrected chi connectivity index (χ3v) is 4.57. The van der Waals surface area contributed by atoms with Crippen molar-refractivity contribution in [3.05, 3.63) is 41.0 Å². The Balaban J connectivity index is 2.40. The standard InChI is InChI=1S/C12H12ClN3O4S/c1-16-12(9(13)7-14-16)21(19,20)15-10-5-3-2-4-8(10)6-11(17)18/h2-5,7,15H,6H2,1H3,(H,17,18). The fraction of sp³-hybridized carbons (Fsp3) is 0.167. The van der Waals surface area contributed by atoms with Crippen LogP contribution in [0, 0.1) is 0 Å². The molecule has 0 aliphatic carbocycles. The summed E-state index contributed by atoms with van der Waals surface area (Å²) in [5.74, 6) is -1.06. The van der Waals surface area contributed by atoms with Crippen LogP contribution < -0.4 is 4.72 Å². The number of aliphatic carboxylic acids is 1. The average molecular weight is 330 g/mol. The van der Waals surface area contributed by atoms with Gasteiger partial charge in [-0.3, -0.25) is 14.2 Å². The smallest absolute Gasteiger partial charge is 0.307 e. The normalized spacial score (nSPS) is 11.3. The highest BCUT2D eigenvalue weighted by molar-refractivity contribution is 7.92. The van der Waals surface area contributed by atoms with E-state index in [-0.39, 0.29) is 22.2 Å². The lowest BCUT2D eigenvalue weighted by Crippen LogP contribution is -2.18. The zero-order valence-corrected chi connectivity index (χ0v) is 12.5. The molecule has 0 fully saturated rings. The number of rotatable bonds is 5. The van der Waals surface area contributed by atoms with Crippen molar-refractivity contribution in [3.63, 3.8) is 0 Å². The van der Waals surface area contributed by atoms with Gasteiger partial charge in [0.25, 0.3) is 10.0 Å². The third kappa shape index (κ3) is 3.34. The molecule has 1 aromatic heterocycles. The molecule has 1 aromatic carbocycles. The predicted octanol–water partition coefficient (Wildman–Crippen LogP) is 1.50. The van der Waals surface area contributed by atoms with Crippen LogP contribution in [-0.2, 0) is 28.3 Å². The van der Waals surface area contributed by atoms with Crippen LogP contribution in [0.15, 0.2) is 35.5 Å². The first-order valence-electron chi connectivity index (χ1n) is 5.81. The first-order valence-corrected chi connectivity index (χ1v) is 7.67. The summed E-state index contributed by atoms with van der Waals surface area (Å²) in [5.41, 5.74) is 0.545. The van der Waals surface area contributed by atoms with E-state index in [2.05, 4.69) is 9.82 Å². The number of para-hydroxylation sites is 1. The van der Waals surface area contributed by atoms with Gasteiger partial charge in [-0.05, 0) is 11.6 Å². The Hall–Kier alpha value is -2.06. The molecule has 0 unspecified atom stereocenters. The number of benzene rings is 1. The molecule has 9 heteroatoms. The maximum Gasteiger partial charge on any atom is 0.307 e. The highest BCUT2D eigenvalue weighted by atomic mass is 35.5. The number of hydrogen-bond donors (Lipinski definition) is 2. The molecule has 2 N–H and O–H groups in total. The molecular weight excluding hydrogens is 318 g/mol. The predicted molar refractivity (Wildman–Crippen MR) is 76.8 cm³/mol. The maximum atomic E-state index is 12.3. The van der Waals surface area contributed by atoms with Crippen molar-refractivity contribution in [1.82, 2.24) is 9.78 Å². The molecule has 0 radical (unpaired) electrons. The van der Waals surface area contributed by atoms with E-state index in [1.165, 1.54) is 25.4 Å². The number of sulfonamides is 1. The number of nitrogens with zero attached hydrogens (tertiary/aromatic N) is 2. The summed E-state index contributed by atoms with van der Waals surface area (Å²) in [5, 5.41) is 12.4. The van der Waals surface area contributed by atoms with Crippen molar-refractivity contribution < 1.29 is 18.3 Å². The molecule has 0 atom stereocenters. The van der Waals surface area contributed by atoms with E-state index < -0.39 is 16.0 Å². The van der Waals surface area contributed by atoms with E-state index in [9.17, 15) is 13.2 Å². The second kappa shape index (κ2) is 5.74. The van der Waals surface area contributed by atoms with Crippen LogP contribution in [0.3, 0.4) is 0 Å². The van der Waals surface area contributed by atoms with Gasteiger partial charge in [-0.2, -0.15) is 13.5 Å². The molecule has 0 amide bonds. The Morgan fingerprint density at radius 1 is 1.43 bits per heavy atom. The van der Waals surface area contributed by atoms with Gasteiger partial charge in [0.05, 0.1) is 23.3 Å². The van der Waals surface area contributed by atoms with Crippen LogP contribution in [0.5, 0.6) is 0 Å². The van der Waals surface area contributed by atoms with E-state index >= 15 is 0 Å². The monoisotopic (exact) mass is 329 g/mol. The van der Waals surface area contributed by atoms with Crippen molar-refractivity contribution in [3.8, 4) is 0 Å². The van der Waals surface area contributed by atoms with Crippen molar-refractivity contribution >= 4 is 33.3 Å². The first-order chi connectivity index (χ1) is 9.81. The molecule has 0 bridgehead atoms. The van der Waals surface area contributed by atoms with Crippen LogP contribution in [0.2, 0.25) is 5.02 Å². The maximum absolute atomic E-state index is 12.3. The number of carbonyl (C=O) groups is 1. The summed E-state index contributed by atoms with van der Waals surface area (Å²) in [4.78, 5) is 10.8. The summed E-state index contributed by atoms with van der Waals surface area (Å²) in [6, 6.07) is 6.26. The number of carboxylic acids is 1. The van der Waals surface area contributed by atoms with Crippen molar-refractivity contribution in [2.45, 2.75) is 11.4 Å². The Kier molecular flexibility index (Phi) is 4.19. The number of hydrogen-bond acceptors (Lipinski definition) is 4. The minimum absolute atomic E-state index is 0.0132. The molecule has 112 valence electrons. The van der Waals surface area contributed by atoms with Gasteiger partial charge in [0.1, 0.15) is 0 Å². The molecule has 2 aromatic rings. The highest BCUT2D eigenvalue weighted by Crippen LogP contribution is 2.24. The molecule has 1 heterocycles. The summed E-state index contributed by atoms with van der Waals surface area (Å²) in [6.07, 6.45) is 0.928. The first kappa shape index (κ1) is 15.3. The van der Waals surface area contributed by atoms with Gasteiger partial charge in [0, 0.05) is 7.05 Å². The van der Waals surface area contributed by atoms with E-state index in [0.29, 0.717) is 5.56 Å². The lowest BCUT2D eigenvalue weighted by molar-refractivity contribution is -0.136. The number of anilines is 1. The van der Waals surface area contributed by atoms with Gasteiger partial charge < -0.3 is 5.11 Å². The Bertz CT molecular complexity index is 766. The van der Waals surface area contributed by atoms with Gasteiger partial charge in [0.15, 0.2) is 5.03 Å². The van der Waals surface area contributed by atoms with Gasteiger partial charge in [-0.15, -0.1) is 0 Å². The van der Waals surface area contributed by atoms with E-state index in [1.807, 2.05) is 0 Å². The van der Waals surface area contributed by atoms with Crippen LogP contribution in [0.4, 0.5) is 5.69 Å². The van der Waals surface area contributed by atoms with Gasteiger partial charge in [-0.1, -0.05) is 29.8 Å². The third-order valence-electron chi connectivity index (χ3n) is 2.70. The van der Waals surface area contributed by atoms with Crippen molar-refractivity contribution in [1.29, 1.82) is 0 Å². The van der Waals surface area contributed by atoms with Gasteiger partial charge in [-0.25, -0.2) is 0 Å². The number of carboxylic acid groups (broad SMARTS) is 1. The average Bonchev–Trinajstić information content (AvgIpc) is 2.71. The Morgan fingerprint density at radius 3 is 2.67 bits per heavy atom. The second-order valence-electron chi connectivity index (χ2n) is 4.25. The molecule has 0 spiro atoms. The van der Waals surface area contributed by atoms with Gasteiger partial charge in [0.2, 0.25) is 0 Å². The van der Waals surface area contributed by atoms with Crippen molar-refractivity contribution in [2.24, 2.45) is 7.05 Å². The molecule has 0 saturated heterocycles. The van der Waals surface area contributed by atoms with Crippen LogP contribution in [-0.4, -0.2) is 29.3 Å². The molecular formula is C12H12ClN3O4S. The zero-order chi connectivity index (χ0) is 15.6. The quantitative estimate of drug-likeness (QED) is 0.865. The number of aromatic nitrogens is 2. The van der Waals surface area contributed by atoms with Crippen molar-refractivity contribution in [2.75, 3.05) is 4.72 Å². The highest BCUT2D eigenvalue weighted by Gasteiger charge is 2.23. The lowest BCUT2D eigenvalue weighted by Gasteiger charge is -2.12. The number of aryl methyl sites for hydroxylation is 1. The van der Waals surface area contributed by atoms with Gasteiger partial charge >= 0.3 is 5.97 Å². The zero-order valence-electron chi connectivity index (χ0n) is 10.9. The molecule has 7 nitrogen and oxygen atoms in total. The topological polar surface area (TPSA) is 101 Å². The SMILES string of the molecule is Cn1ncc(Cl)c1S(=O)(=O)Nc1ccccc1CC(=O)O. The van der Waals surface area contributed by atoms with Crippen LogP contribution in [0.1, 0.15) is 5.56 Å². The Morgan fingerprint density at radius 2 is 2.10 bits per heavy atom. The molecule has 0 aliphatic rings. The largest absolute Gasteiger partial charge is 0.481 e. The minimum atomic E-state index is -3.96. The minimum Gasteiger partial charge on any atom is -0.481 e. The number of halogens is 1. The van der Waals surface area contributed by atoms with Crippen LogP contribution in [0.25, 0.3) is 0 Å². The molecule has 21 heavy (non-hydrogen) atoms. The fourth-order valence-corrected chi connectivity index (χ4v) is 3.59. The summed E-state index contributed by atoms with van der Waals surface area (Å²) in [7, 11) is -2.52. The van der Waals surface area contributed by atoms with E-state index in [1.54, 1.807) is 12.1 Å². The summed E-state index contributed by atoms with van der Waals surface area (Å²) in [6.45, 7) is 0. The molecule has 2 rings (SSSR count). The second-order valence-corrected chi connectivity index (χ2v) is 6.26. The summed E-state index contributed by atoms with van der Waals surface area (Å²) < 4.78 is 28.1. The van der Waals surface area contributed by atoms with Crippen LogP contribution >= 0.6 is 11.6 Å². The van der Waals surface area contributed by atoms with E-state index in [0.717, 1.165) is 4.68 Å². The fourth-order valence-electron chi connectivity index (χ4n) is 1.83. The van der Waals surface area contributed by atoms with E-state index in [4.69, 9.17) is 16.7 Å². The summed E-state index contributed by atoms with van der Waals surface area (Å²) >= 11 is 5.82. The molecule has 0 aliphatic heterocycles. The number of nitrogens with one attached hydrogen (secondary N) is 1. The molecule has 0 saturated carbocycles.